The fourth-order valence-corrected chi connectivity index (χ4v) is 12.1. The molecule has 0 bridgehead atoms. The summed E-state index contributed by atoms with van der Waals surface area (Å²) in [4.78, 5) is 13.8. The van der Waals surface area contributed by atoms with Gasteiger partial charge in [-0.15, -0.1) is 0 Å². The van der Waals surface area contributed by atoms with Crippen LogP contribution in [0.4, 0.5) is 0 Å². The van der Waals surface area contributed by atoms with Crippen molar-refractivity contribution in [1.82, 2.24) is 0 Å². The SMILES string of the molecule is COC(CC[C@H](C)CCC[C@H](C)C(=O)C[C@H](C(C)C)[C@@H](CCCO[Si](c1ccccc1)(c1ccccc1)C(C)(C)C)OCc1ccccc1)OC. The van der Waals surface area contributed by atoms with E-state index in [9.17, 15) is 4.79 Å². The summed E-state index contributed by atoms with van der Waals surface area (Å²) in [6.07, 6.45) is 7.12. The second kappa shape index (κ2) is 21.8. The standard InChI is InChI=1S/C45H68O5Si/c1-35(2)41(33-42(46)37(4)22-19-21-36(3)30-31-44(47-8)48-9)43(49-34-38-23-13-10-14-24-38)29-20-32-50-51(45(5,6)7,39-25-15-11-16-26-39)40-27-17-12-18-28-40/h10-18,23-28,35-37,41,43-44H,19-22,29-34H2,1-9H3/t36-,37+,41-,43-/m1/s1. The van der Waals surface area contributed by atoms with Crippen LogP contribution in [0.25, 0.3) is 0 Å². The largest absolute Gasteiger partial charge is 0.407 e. The molecule has 51 heavy (non-hydrogen) atoms. The van der Waals surface area contributed by atoms with E-state index in [1.807, 2.05) is 6.07 Å². The molecule has 0 saturated carbocycles. The number of carbonyl (C=O) groups is 1. The zero-order chi connectivity index (χ0) is 37.3. The second-order valence-electron chi connectivity index (χ2n) is 16.0. The summed E-state index contributed by atoms with van der Waals surface area (Å²) in [6, 6.07) is 32.1. The van der Waals surface area contributed by atoms with Crippen LogP contribution in [0.2, 0.25) is 5.04 Å². The molecule has 4 atom stereocenters. The molecular weight excluding hydrogens is 649 g/mol. The highest BCUT2D eigenvalue weighted by molar-refractivity contribution is 6.99. The lowest BCUT2D eigenvalue weighted by atomic mass is 9.81. The first-order valence-electron chi connectivity index (χ1n) is 19.4. The van der Waals surface area contributed by atoms with Gasteiger partial charge in [0.15, 0.2) is 6.29 Å². The van der Waals surface area contributed by atoms with Gasteiger partial charge in [-0.25, -0.2) is 0 Å². The molecule has 0 unspecified atom stereocenters. The highest BCUT2D eigenvalue weighted by Crippen LogP contribution is 2.37. The predicted molar refractivity (Wildman–Crippen MR) is 215 cm³/mol. The Kier molecular flexibility index (Phi) is 18.3. The molecule has 0 heterocycles. The van der Waals surface area contributed by atoms with Crippen LogP contribution in [0.5, 0.6) is 0 Å². The Morgan fingerprint density at radius 3 is 1.75 bits per heavy atom. The monoisotopic (exact) mass is 716 g/mol. The topological polar surface area (TPSA) is 54.0 Å². The average Bonchev–Trinajstić information content (AvgIpc) is 3.13. The Balaban J connectivity index is 1.71. The Hall–Kier alpha value is -2.61. The van der Waals surface area contributed by atoms with Gasteiger partial charge in [0, 0.05) is 33.2 Å². The van der Waals surface area contributed by atoms with E-state index in [1.54, 1.807) is 14.2 Å². The maximum atomic E-state index is 13.8. The van der Waals surface area contributed by atoms with Crippen LogP contribution >= 0.6 is 0 Å². The number of ketones is 1. The molecule has 5 nitrogen and oxygen atoms in total. The van der Waals surface area contributed by atoms with E-state index in [0.717, 1.165) is 50.5 Å². The summed E-state index contributed by atoms with van der Waals surface area (Å²) in [5.74, 6) is 1.42. The van der Waals surface area contributed by atoms with Crippen LogP contribution in [0.15, 0.2) is 91.0 Å². The Morgan fingerprint density at radius 1 is 0.686 bits per heavy atom. The summed E-state index contributed by atoms with van der Waals surface area (Å²) in [6.45, 7) is 17.1. The van der Waals surface area contributed by atoms with Crippen LogP contribution in [-0.2, 0) is 30.0 Å². The second-order valence-corrected chi connectivity index (χ2v) is 20.3. The average molecular weight is 717 g/mol. The molecule has 3 aromatic rings. The van der Waals surface area contributed by atoms with Gasteiger partial charge in [-0.1, -0.05) is 152 Å². The molecule has 3 aromatic carbocycles. The molecule has 0 radical (unpaired) electrons. The van der Waals surface area contributed by atoms with Crippen LogP contribution in [0, 0.1) is 23.7 Å². The number of ether oxygens (including phenoxy) is 3. The van der Waals surface area contributed by atoms with Crippen molar-refractivity contribution in [2.24, 2.45) is 23.7 Å². The normalized spacial score (nSPS) is 14.8. The van der Waals surface area contributed by atoms with Gasteiger partial charge in [0.1, 0.15) is 5.78 Å². The van der Waals surface area contributed by atoms with Gasteiger partial charge in [0.05, 0.1) is 12.7 Å². The smallest absolute Gasteiger partial charge is 0.261 e. The first-order valence-corrected chi connectivity index (χ1v) is 21.3. The van der Waals surface area contributed by atoms with Crippen LogP contribution in [0.1, 0.15) is 105 Å². The van der Waals surface area contributed by atoms with Gasteiger partial charge in [0.25, 0.3) is 8.32 Å². The van der Waals surface area contributed by atoms with Gasteiger partial charge in [-0.05, 0) is 70.8 Å². The van der Waals surface area contributed by atoms with Crippen molar-refractivity contribution in [2.75, 3.05) is 20.8 Å². The van der Waals surface area contributed by atoms with E-state index in [2.05, 4.69) is 133 Å². The zero-order valence-electron chi connectivity index (χ0n) is 33.2. The lowest BCUT2D eigenvalue weighted by Gasteiger charge is -2.43. The molecule has 6 heteroatoms. The van der Waals surface area contributed by atoms with E-state index < -0.39 is 8.32 Å². The van der Waals surface area contributed by atoms with Crippen LogP contribution in [-0.4, -0.2) is 47.3 Å². The summed E-state index contributed by atoms with van der Waals surface area (Å²) < 4.78 is 24.7. The minimum absolute atomic E-state index is 0.0393. The molecule has 0 spiro atoms. The quantitative estimate of drug-likeness (QED) is 0.0525. The minimum atomic E-state index is -2.63. The molecule has 0 aromatic heterocycles. The number of hydrogen-bond acceptors (Lipinski definition) is 5. The first kappa shape index (κ1) is 42.8. The van der Waals surface area contributed by atoms with Gasteiger partial charge < -0.3 is 18.6 Å². The fourth-order valence-electron chi connectivity index (χ4n) is 7.53. The molecular formula is C45H68O5Si. The third-order valence-corrected chi connectivity index (χ3v) is 15.8. The number of benzene rings is 3. The van der Waals surface area contributed by atoms with Gasteiger partial charge >= 0.3 is 0 Å². The molecule has 0 fully saturated rings. The number of rotatable bonds is 24. The van der Waals surface area contributed by atoms with Crippen LogP contribution in [0.3, 0.4) is 0 Å². The van der Waals surface area contributed by atoms with E-state index in [1.165, 1.54) is 10.4 Å². The highest BCUT2D eigenvalue weighted by Gasteiger charge is 2.50. The number of Topliss-reactive ketones (excluding diaryl/α,β-unsaturated/α-hetero) is 1. The molecule has 0 saturated heterocycles. The summed E-state index contributed by atoms with van der Waals surface area (Å²) in [5.41, 5.74) is 1.16. The minimum Gasteiger partial charge on any atom is -0.407 e. The van der Waals surface area contributed by atoms with E-state index in [-0.39, 0.29) is 29.3 Å². The molecule has 0 amide bonds. The Morgan fingerprint density at radius 2 is 1.24 bits per heavy atom. The van der Waals surface area contributed by atoms with Crippen LogP contribution < -0.4 is 10.4 Å². The van der Waals surface area contributed by atoms with Crippen molar-refractivity contribution in [3.05, 3.63) is 96.6 Å². The summed E-state index contributed by atoms with van der Waals surface area (Å²) in [5, 5.41) is 2.52. The Labute approximate surface area is 312 Å². The van der Waals surface area contributed by atoms with Crippen molar-refractivity contribution in [2.45, 2.75) is 124 Å². The van der Waals surface area contributed by atoms with Gasteiger partial charge in [-0.2, -0.15) is 0 Å². The lowest BCUT2D eigenvalue weighted by Crippen LogP contribution is -2.66. The maximum Gasteiger partial charge on any atom is 0.261 e. The zero-order valence-corrected chi connectivity index (χ0v) is 34.2. The van der Waals surface area contributed by atoms with Crippen molar-refractivity contribution >= 4 is 24.5 Å². The first-order chi connectivity index (χ1) is 24.4. The molecule has 282 valence electrons. The van der Waals surface area contributed by atoms with Gasteiger partial charge in [-0.3, -0.25) is 4.79 Å². The summed E-state index contributed by atoms with van der Waals surface area (Å²) >= 11 is 0. The van der Waals surface area contributed by atoms with E-state index in [4.69, 9.17) is 18.6 Å². The predicted octanol–water partition coefficient (Wildman–Crippen LogP) is 10.0. The number of hydrogen-bond donors (Lipinski definition) is 0. The fraction of sp³-hybridized carbons (Fsp3) is 0.578. The van der Waals surface area contributed by atoms with E-state index in [0.29, 0.717) is 37.3 Å². The summed E-state index contributed by atoms with van der Waals surface area (Å²) in [7, 11) is 0.760. The lowest BCUT2D eigenvalue weighted by molar-refractivity contribution is -0.126. The molecule has 3 rings (SSSR count). The number of carbonyl (C=O) groups excluding carboxylic acids is 1. The Bertz CT molecular complexity index is 1310. The maximum absolute atomic E-state index is 13.8. The third kappa shape index (κ3) is 13.1. The van der Waals surface area contributed by atoms with Crippen molar-refractivity contribution in [1.29, 1.82) is 0 Å². The third-order valence-electron chi connectivity index (χ3n) is 10.8. The van der Waals surface area contributed by atoms with E-state index >= 15 is 0 Å². The van der Waals surface area contributed by atoms with Crippen molar-refractivity contribution in [3.8, 4) is 0 Å². The van der Waals surface area contributed by atoms with Crippen molar-refractivity contribution in [3.63, 3.8) is 0 Å². The number of methoxy groups -OCH3 is 2. The molecule has 0 aliphatic rings. The highest BCUT2D eigenvalue weighted by atomic mass is 28.4. The van der Waals surface area contributed by atoms with Gasteiger partial charge in [0.2, 0.25) is 0 Å². The van der Waals surface area contributed by atoms with Crippen molar-refractivity contribution < 1.29 is 23.4 Å². The molecule has 0 aliphatic carbocycles. The molecule has 0 aliphatic heterocycles. The molecule has 0 N–H and O–H groups in total.